The summed E-state index contributed by atoms with van der Waals surface area (Å²) in [6, 6.07) is 4.99. The van der Waals surface area contributed by atoms with Crippen LogP contribution in [0.25, 0.3) is 0 Å². The Morgan fingerprint density at radius 3 is 2.65 bits per heavy atom. The van der Waals surface area contributed by atoms with Crippen LogP contribution in [0.2, 0.25) is 4.34 Å². The Hall–Kier alpha value is -0.380. The lowest BCUT2D eigenvalue weighted by molar-refractivity contribution is 0.0949. The second-order valence-electron chi connectivity index (χ2n) is 5.21. The first-order chi connectivity index (χ1) is 8.20. The molecular formula is C13H16ClNOS. The highest BCUT2D eigenvalue weighted by Gasteiger charge is 2.34. The molecule has 2 nitrogen and oxygen atoms in total. The van der Waals surface area contributed by atoms with E-state index >= 15 is 0 Å². The molecule has 3 rings (SSSR count). The molecule has 2 aliphatic heterocycles. The number of halogens is 1. The molecule has 4 heteroatoms. The van der Waals surface area contributed by atoms with Crippen LogP contribution in [-0.2, 0) is 0 Å². The van der Waals surface area contributed by atoms with Crippen molar-refractivity contribution in [2.75, 3.05) is 0 Å². The molecule has 2 aliphatic rings. The van der Waals surface area contributed by atoms with Crippen molar-refractivity contribution in [1.29, 1.82) is 0 Å². The quantitative estimate of drug-likeness (QED) is 0.851. The highest BCUT2D eigenvalue weighted by Crippen LogP contribution is 2.34. The summed E-state index contributed by atoms with van der Waals surface area (Å²) in [6.07, 6.45) is 5.62. The van der Waals surface area contributed by atoms with Crippen LogP contribution in [0.1, 0.15) is 41.8 Å². The van der Waals surface area contributed by atoms with E-state index in [2.05, 4.69) is 5.32 Å². The lowest BCUT2D eigenvalue weighted by Gasteiger charge is -2.28. The molecule has 0 saturated carbocycles. The van der Waals surface area contributed by atoms with Crippen LogP contribution in [0.5, 0.6) is 0 Å². The summed E-state index contributed by atoms with van der Waals surface area (Å²) in [5, 5.41) is 3.61. The van der Waals surface area contributed by atoms with Gasteiger partial charge in [0.1, 0.15) is 0 Å². The van der Waals surface area contributed by atoms with Gasteiger partial charge in [0.25, 0.3) is 0 Å². The zero-order valence-electron chi connectivity index (χ0n) is 9.62. The van der Waals surface area contributed by atoms with Gasteiger partial charge >= 0.3 is 0 Å². The molecule has 0 aromatic carbocycles. The number of piperidine rings is 1. The van der Waals surface area contributed by atoms with Crippen molar-refractivity contribution in [3.63, 3.8) is 0 Å². The lowest BCUT2D eigenvalue weighted by Crippen LogP contribution is -2.38. The van der Waals surface area contributed by atoms with Crippen molar-refractivity contribution >= 4 is 28.7 Å². The molecule has 3 heterocycles. The maximum absolute atomic E-state index is 12.1. The number of carbonyl (C=O) groups is 1. The van der Waals surface area contributed by atoms with Crippen molar-refractivity contribution < 1.29 is 4.79 Å². The van der Waals surface area contributed by atoms with Crippen molar-refractivity contribution in [2.24, 2.45) is 5.92 Å². The molecule has 2 unspecified atom stereocenters. The molecule has 2 saturated heterocycles. The summed E-state index contributed by atoms with van der Waals surface area (Å²) in [5.41, 5.74) is 0. The van der Waals surface area contributed by atoms with Gasteiger partial charge in [-0.05, 0) is 43.7 Å². The Bertz CT molecular complexity index is 419. The SMILES string of the molecule is O=C(CC1CC2CCC(C1)N2)c1ccc(Cl)s1. The van der Waals surface area contributed by atoms with E-state index in [1.807, 2.05) is 12.1 Å². The second-order valence-corrected chi connectivity index (χ2v) is 6.92. The zero-order valence-corrected chi connectivity index (χ0v) is 11.2. The van der Waals surface area contributed by atoms with Crippen LogP contribution in [0.3, 0.4) is 0 Å². The van der Waals surface area contributed by atoms with E-state index in [9.17, 15) is 4.79 Å². The fourth-order valence-electron chi connectivity index (χ4n) is 3.17. The van der Waals surface area contributed by atoms with Crippen LogP contribution < -0.4 is 5.32 Å². The lowest BCUT2D eigenvalue weighted by atomic mass is 9.88. The Balaban J connectivity index is 1.62. The first-order valence-electron chi connectivity index (χ1n) is 6.25. The molecule has 1 aromatic heterocycles. The highest BCUT2D eigenvalue weighted by molar-refractivity contribution is 7.18. The highest BCUT2D eigenvalue weighted by atomic mass is 35.5. The zero-order chi connectivity index (χ0) is 11.8. The summed E-state index contributed by atoms with van der Waals surface area (Å²) in [7, 11) is 0. The fraction of sp³-hybridized carbons (Fsp3) is 0.615. The molecule has 92 valence electrons. The monoisotopic (exact) mass is 269 g/mol. The summed E-state index contributed by atoms with van der Waals surface area (Å²) in [6.45, 7) is 0. The molecule has 0 radical (unpaired) electrons. The third-order valence-corrected chi connectivity index (χ3v) is 5.16. The van der Waals surface area contributed by atoms with E-state index in [0.717, 1.165) is 4.88 Å². The topological polar surface area (TPSA) is 29.1 Å². The predicted octanol–water partition coefficient (Wildman–Crippen LogP) is 3.50. The van der Waals surface area contributed by atoms with Crippen LogP contribution in [0.4, 0.5) is 0 Å². The van der Waals surface area contributed by atoms with Crippen molar-refractivity contribution in [2.45, 2.75) is 44.2 Å². The maximum atomic E-state index is 12.1. The molecular weight excluding hydrogens is 254 g/mol. The van der Waals surface area contributed by atoms with Gasteiger partial charge in [-0.25, -0.2) is 0 Å². The molecule has 2 bridgehead atoms. The number of carbonyl (C=O) groups excluding carboxylic acids is 1. The smallest absolute Gasteiger partial charge is 0.173 e. The van der Waals surface area contributed by atoms with Crippen molar-refractivity contribution in [3.05, 3.63) is 21.3 Å². The minimum Gasteiger partial charge on any atom is -0.311 e. The van der Waals surface area contributed by atoms with E-state index in [0.29, 0.717) is 28.8 Å². The van der Waals surface area contributed by atoms with Crippen LogP contribution in [0.15, 0.2) is 12.1 Å². The standard InChI is InChI=1S/C13H16ClNOS/c14-13-4-3-12(17-13)11(16)7-8-5-9-1-2-10(6-8)15-9/h3-4,8-10,15H,1-2,5-7H2. The van der Waals surface area contributed by atoms with Gasteiger partial charge in [0, 0.05) is 18.5 Å². The number of thiophene rings is 1. The third-order valence-electron chi connectivity index (χ3n) is 3.89. The molecule has 17 heavy (non-hydrogen) atoms. The summed E-state index contributed by atoms with van der Waals surface area (Å²) < 4.78 is 0.707. The van der Waals surface area contributed by atoms with Crippen molar-refractivity contribution in [1.82, 2.24) is 5.32 Å². The van der Waals surface area contributed by atoms with E-state index in [1.165, 1.54) is 37.0 Å². The van der Waals surface area contributed by atoms with Gasteiger partial charge in [0.05, 0.1) is 9.21 Å². The number of ketones is 1. The molecule has 1 aromatic rings. The fourth-order valence-corrected chi connectivity index (χ4v) is 4.16. The molecule has 2 atom stereocenters. The number of Topliss-reactive ketones (excluding diaryl/α,β-unsaturated/α-hetero) is 1. The number of hydrogen-bond acceptors (Lipinski definition) is 3. The number of nitrogens with one attached hydrogen (secondary N) is 1. The first kappa shape index (κ1) is 11.7. The average Bonchev–Trinajstić information content (AvgIpc) is 2.85. The molecule has 0 spiro atoms. The first-order valence-corrected chi connectivity index (χ1v) is 7.45. The van der Waals surface area contributed by atoms with E-state index in [4.69, 9.17) is 11.6 Å². The van der Waals surface area contributed by atoms with Gasteiger partial charge in [-0.3, -0.25) is 4.79 Å². The Labute approximate surface area is 110 Å². The van der Waals surface area contributed by atoms with Crippen LogP contribution >= 0.6 is 22.9 Å². The maximum Gasteiger partial charge on any atom is 0.173 e. The Morgan fingerprint density at radius 2 is 2.06 bits per heavy atom. The van der Waals surface area contributed by atoms with Crippen LogP contribution in [-0.4, -0.2) is 17.9 Å². The second kappa shape index (κ2) is 4.71. The van der Waals surface area contributed by atoms with E-state index < -0.39 is 0 Å². The number of hydrogen-bond donors (Lipinski definition) is 1. The van der Waals surface area contributed by atoms with Gasteiger partial charge in [-0.15, -0.1) is 11.3 Å². The minimum absolute atomic E-state index is 0.271. The third kappa shape index (κ3) is 2.56. The predicted molar refractivity (Wildman–Crippen MR) is 70.9 cm³/mol. The van der Waals surface area contributed by atoms with Crippen LogP contribution in [0, 0.1) is 5.92 Å². The molecule has 1 N–H and O–H groups in total. The number of rotatable bonds is 3. The molecule has 0 amide bonds. The van der Waals surface area contributed by atoms with Gasteiger partial charge in [0.2, 0.25) is 0 Å². The average molecular weight is 270 g/mol. The summed E-state index contributed by atoms with van der Waals surface area (Å²) in [5.74, 6) is 0.843. The Morgan fingerprint density at radius 1 is 1.35 bits per heavy atom. The Kier molecular flexibility index (Phi) is 3.24. The van der Waals surface area contributed by atoms with E-state index in [-0.39, 0.29) is 5.78 Å². The normalized spacial score (nSPS) is 31.7. The van der Waals surface area contributed by atoms with Gasteiger partial charge in [-0.1, -0.05) is 11.6 Å². The van der Waals surface area contributed by atoms with Gasteiger partial charge < -0.3 is 5.32 Å². The summed E-state index contributed by atoms with van der Waals surface area (Å²) in [4.78, 5) is 12.9. The van der Waals surface area contributed by atoms with Crippen molar-refractivity contribution in [3.8, 4) is 0 Å². The van der Waals surface area contributed by atoms with Gasteiger partial charge in [0.15, 0.2) is 5.78 Å². The summed E-state index contributed by atoms with van der Waals surface area (Å²) >= 11 is 7.26. The largest absolute Gasteiger partial charge is 0.311 e. The molecule has 0 aliphatic carbocycles. The number of fused-ring (bicyclic) bond motifs is 2. The van der Waals surface area contributed by atoms with Gasteiger partial charge in [-0.2, -0.15) is 0 Å². The minimum atomic E-state index is 0.271. The van der Waals surface area contributed by atoms with E-state index in [1.54, 1.807) is 0 Å². The molecule has 2 fully saturated rings.